The van der Waals surface area contributed by atoms with Crippen molar-refractivity contribution in [2.45, 2.75) is 61.4 Å². The van der Waals surface area contributed by atoms with E-state index in [4.69, 9.17) is 0 Å². The van der Waals surface area contributed by atoms with Crippen LogP contribution in [0.5, 0.6) is 0 Å². The first-order valence-corrected chi connectivity index (χ1v) is 11.7. The van der Waals surface area contributed by atoms with Crippen LogP contribution in [0.15, 0.2) is 0 Å². The van der Waals surface area contributed by atoms with Gasteiger partial charge in [-0.2, -0.15) is 69.5 Å². The molecule has 0 aliphatic carbocycles. The van der Waals surface area contributed by atoms with Crippen LogP contribution in [0.4, 0.5) is 70.2 Å². The summed E-state index contributed by atoms with van der Waals surface area (Å²) in [6.45, 7) is -1.70. The Hall–Kier alpha value is -1.30. The van der Waals surface area contributed by atoms with E-state index in [9.17, 15) is 87.1 Å². The summed E-state index contributed by atoms with van der Waals surface area (Å²) in [6, 6.07) is 0. The minimum Gasteiger partial charge on any atom is -0.267 e. The number of halogens is 16. The summed E-state index contributed by atoms with van der Waals surface area (Å²) in [5, 5.41) is 0. The molecule has 0 heterocycles. The van der Waals surface area contributed by atoms with Crippen molar-refractivity contribution in [2.24, 2.45) is 0 Å². The molecule has 0 saturated carbocycles. The van der Waals surface area contributed by atoms with E-state index in [1.807, 2.05) is 0 Å². The van der Waals surface area contributed by atoms with Gasteiger partial charge in [0, 0.05) is 0 Å². The predicted octanol–water partition coefficient (Wildman–Crippen LogP) is 4.41. The summed E-state index contributed by atoms with van der Waals surface area (Å²) in [5.74, 6) is -47.4. The quantitative estimate of drug-likeness (QED) is 0.197. The van der Waals surface area contributed by atoms with Crippen molar-refractivity contribution in [1.29, 1.82) is 0 Å². The van der Waals surface area contributed by atoms with Crippen molar-refractivity contribution >= 4 is 20.2 Å². The summed E-state index contributed by atoms with van der Waals surface area (Å²) in [5.41, 5.74) is 0. The van der Waals surface area contributed by atoms with Crippen molar-refractivity contribution < 1.29 is 95.4 Å². The van der Waals surface area contributed by atoms with Crippen LogP contribution in [-0.4, -0.2) is 89.4 Å². The lowest BCUT2D eigenvalue weighted by molar-refractivity contribution is -0.332. The van der Waals surface area contributed by atoms with Crippen molar-refractivity contribution in [3.63, 3.8) is 0 Å². The molecule has 0 aromatic heterocycles. The Balaban J connectivity index is 5.49. The van der Waals surface area contributed by atoms with Crippen LogP contribution in [0.25, 0.3) is 0 Å². The van der Waals surface area contributed by atoms with Crippen LogP contribution < -0.4 is 0 Å². The van der Waals surface area contributed by atoms with Gasteiger partial charge in [-0.3, -0.25) is 8.37 Å². The minimum absolute atomic E-state index is 0.273. The van der Waals surface area contributed by atoms with Gasteiger partial charge < -0.3 is 0 Å². The molecule has 6 nitrogen and oxygen atoms in total. The zero-order chi connectivity index (χ0) is 30.3. The van der Waals surface area contributed by atoms with Gasteiger partial charge in [-0.1, -0.05) is 0 Å². The summed E-state index contributed by atoms with van der Waals surface area (Å²) in [4.78, 5) is 0. The molecule has 0 aromatic rings. The van der Waals surface area contributed by atoms with Gasteiger partial charge in [0.2, 0.25) is 0 Å². The van der Waals surface area contributed by atoms with Gasteiger partial charge in [0.25, 0.3) is 20.2 Å². The first kappa shape index (κ1) is 35.7. The van der Waals surface area contributed by atoms with Gasteiger partial charge in [-0.25, -0.2) is 17.6 Å². The third-order valence-electron chi connectivity index (χ3n) is 3.81. The van der Waals surface area contributed by atoms with Gasteiger partial charge in [0.05, 0.1) is 12.7 Å². The molecule has 0 rings (SSSR count). The molecule has 0 aliphatic heterocycles. The lowest BCUT2D eigenvalue weighted by Gasteiger charge is -2.32. The fourth-order valence-electron chi connectivity index (χ4n) is 1.94. The van der Waals surface area contributed by atoms with Gasteiger partial charge >= 0.3 is 48.4 Å². The van der Waals surface area contributed by atoms with E-state index in [2.05, 4.69) is 8.37 Å². The zero-order valence-corrected chi connectivity index (χ0v) is 18.8. The first-order valence-electron chi connectivity index (χ1n) is 8.51. The maximum atomic E-state index is 13.4. The maximum absolute atomic E-state index is 13.4. The average Bonchev–Trinajstić information content (AvgIpc) is 2.63. The molecule has 0 N–H and O–H groups in total. The molecule has 0 amide bonds. The molecule has 0 aromatic carbocycles. The fraction of sp³-hybridized carbons (Fsp3) is 1.00. The second-order valence-electron chi connectivity index (χ2n) is 7.00. The lowest BCUT2D eigenvalue weighted by atomic mass is 10.1. The summed E-state index contributed by atoms with van der Waals surface area (Å²) >= 11 is 0. The number of alkyl halides is 16. The monoisotopic (exact) mass is 632 g/mol. The van der Waals surface area contributed by atoms with Crippen molar-refractivity contribution in [3.8, 4) is 0 Å². The Morgan fingerprint density at radius 3 is 1.19 bits per heavy atom. The number of rotatable bonds is 15. The van der Waals surface area contributed by atoms with E-state index in [1.54, 1.807) is 0 Å². The molecular formula is C13H12F16O6S2. The van der Waals surface area contributed by atoms with Gasteiger partial charge in [0.1, 0.15) is 11.5 Å². The Morgan fingerprint density at radius 2 is 0.892 bits per heavy atom. The summed E-state index contributed by atoms with van der Waals surface area (Å²) < 4.78 is 258. The van der Waals surface area contributed by atoms with E-state index < -0.39 is 92.8 Å². The molecule has 0 saturated heterocycles. The number of hydrogen-bond acceptors (Lipinski definition) is 6. The normalized spacial score (nSPS) is 16.5. The molecule has 0 spiro atoms. The Bertz CT molecular complexity index is 995. The fourth-order valence-corrected chi connectivity index (χ4v) is 4.30. The highest BCUT2D eigenvalue weighted by Crippen LogP contribution is 2.50. The van der Waals surface area contributed by atoms with E-state index >= 15 is 0 Å². The van der Waals surface area contributed by atoms with E-state index in [1.165, 1.54) is 0 Å². The molecular weight excluding hydrogens is 620 g/mol. The van der Waals surface area contributed by atoms with Gasteiger partial charge in [0.15, 0.2) is 0 Å². The average molecular weight is 632 g/mol. The molecule has 24 heteroatoms. The van der Waals surface area contributed by atoms with Crippen molar-refractivity contribution in [3.05, 3.63) is 0 Å². The van der Waals surface area contributed by atoms with Gasteiger partial charge in [-0.05, 0) is 6.92 Å². The minimum atomic E-state index is -7.01. The van der Waals surface area contributed by atoms with Crippen LogP contribution in [0.1, 0.15) is 6.92 Å². The highest BCUT2D eigenvalue weighted by atomic mass is 32.2. The molecule has 0 aliphatic rings. The third kappa shape index (κ3) is 7.64. The van der Waals surface area contributed by atoms with E-state index in [0.717, 1.165) is 0 Å². The van der Waals surface area contributed by atoms with Crippen LogP contribution in [0.2, 0.25) is 0 Å². The second kappa shape index (κ2) is 10.7. The Kier molecular flexibility index (Phi) is 10.3. The lowest BCUT2D eigenvalue weighted by Crippen LogP contribution is -2.60. The molecule has 224 valence electrons. The summed E-state index contributed by atoms with van der Waals surface area (Å²) in [7, 11) is -12.4. The maximum Gasteiger partial charge on any atom is 0.379 e. The predicted molar refractivity (Wildman–Crippen MR) is 85.8 cm³/mol. The molecule has 1 unspecified atom stereocenters. The van der Waals surface area contributed by atoms with E-state index in [-0.39, 0.29) is 6.92 Å². The largest absolute Gasteiger partial charge is 0.379 e. The molecule has 1 atom stereocenters. The van der Waals surface area contributed by atoms with Crippen LogP contribution in [-0.2, 0) is 28.6 Å². The highest BCUT2D eigenvalue weighted by Gasteiger charge is 2.77. The second-order valence-corrected chi connectivity index (χ2v) is 10.2. The Morgan fingerprint density at radius 1 is 0.595 bits per heavy atom. The van der Waals surface area contributed by atoms with Crippen LogP contribution in [0, 0.1) is 0 Å². The van der Waals surface area contributed by atoms with Crippen molar-refractivity contribution in [2.75, 3.05) is 18.1 Å². The molecule has 0 radical (unpaired) electrons. The number of hydrogen-bond donors (Lipinski definition) is 0. The highest BCUT2D eigenvalue weighted by molar-refractivity contribution is 7.87. The standard InChI is InChI=1S/C13H12F16O6S2/c1-5(35-37(32,33)4-9(20,21)13(28,29)11(24,25)7(16)17)2-34-36(30,31)3-8(18,19)12(26,27)10(22,23)6(14)15/h5-7H,2-4H2,1H3. The van der Waals surface area contributed by atoms with Crippen LogP contribution >= 0.6 is 0 Å². The smallest absolute Gasteiger partial charge is 0.267 e. The molecule has 0 bridgehead atoms. The third-order valence-corrected chi connectivity index (χ3v) is 6.36. The van der Waals surface area contributed by atoms with E-state index in [0.29, 0.717) is 0 Å². The topological polar surface area (TPSA) is 86.7 Å². The van der Waals surface area contributed by atoms with Crippen LogP contribution in [0.3, 0.4) is 0 Å². The Labute approximate surface area is 196 Å². The van der Waals surface area contributed by atoms with Crippen molar-refractivity contribution in [1.82, 2.24) is 0 Å². The van der Waals surface area contributed by atoms with Gasteiger partial charge in [-0.15, -0.1) is 0 Å². The first-order chi connectivity index (χ1) is 15.9. The molecule has 37 heavy (non-hydrogen) atoms. The SMILES string of the molecule is CC(COS(=O)(=O)CC(F)(F)C(F)(F)C(F)(F)C(F)F)OS(=O)(=O)CC(F)(F)C(F)(F)C(F)(F)C(F)F. The zero-order valence-electron chi connectivity index (χ0n) is 17.2. The summed E-state index contributed by atoms with van der Waals surface area (Å²) in [6.07, 6.45) is -13.4. The molecule has 0 fully saturated rings.